The summed E-state index contributed by atoms with van der Waals surface area (Å²) in [5.74, 6) is 0. The smallest absolute Gasteiger partial charge is 0.223 e. The average Bonchev–Trinajstić information content (AvgIpc) is 2.49. The van der Waals surface area contributed by atoms with Crippen LogP contribution in [0.15, 0.2) is 60.9 Å². The van der Waals surface area contributed by atoms with Crippen molar-refractivity contribution in [2.24, 2.45) is 0 Å². The molecule has 2 atom stereocenters. The van der Waals surface area contributed by atoms with Gasteiger partial charge in [0.05, 0.1) is 7.37 Å². The first-order valence-corrected chi connectivity index (χ1v) is 9.76. The third kappa shape index (κ3) is 4.64. The van der Waals surface area contributed by atoms with E-state index < -0.39 is 18.8 Å². The fourth-order valence-corrected chi connectivity index (χ4v) is 4.43. The molecule has 2 unspecified atom stereocenters. The van der Waals surface area contributed by atoms with E-state index in [9.17, 15) is 18.9 Å². The Morgan fingerprint density at radius 2 is 1.41 bits per heavy atom. The summed E-state index contributed by atoms with van der Waals surface area (Å²) in [4.78, 5) is 34.2. The lowest BCUT2D eigenvalue weighted by molar-refractivity contribution is -0.377. The number of H-pyrrole nitrogens is 1. The zero-order valence-corrected chi connectivity index (χ0v) is 14.3. The molecule has 0 saturated carbocycles. The van der Waals surface area contributed by atoms with Gasteiger partial charge in [0.1, 0.15) is 0 Å². The van der Waals surface area contributed by atoms with Crippen molar-refractivity contribution in [1.29, 1.82) is 0 Å². The van der Waals surface area contributed by atoms with Crippen LogP contribution < -0.4 is 20.1 Å². The summed E-state index contributed by atoms with van der Waals surface area (Å²) in [6.07, 6.45) is 3.75. The number of pyridine rings is 1. The molecule has 2 aromatic rings. The first kappa shape index (κ1) is 19.3. The molecule has 1 aromatic carbocycles. The second-order valence-corrected chi connectivity index (χ2v) is 10.7. The summed E-state index contributed by atoms with van der Waals surface area (Å²) in [6, 6.07) is 12.4. The van der Waals surface area contributed by atoms with Crippen LogP contribution in [0.2, 0.25) is 0 Å². The lowest BCUT2D eigenvalue weighted by Gasteiger charge is -2.40. The van der Waals surface area contributed by atoms with Gasteiger partial charge in [-0.3, -0.25) is 0 Å². The van der Waals surface area contributed by atoms with Crippen molar-refractivity contribution in [3.05, 3.63) is 60.9 Å². The second kappa shape index (κ2) is 7.71. The van der Waals surface area contributed by atoms with Crippen LogP contribution in [0.3, 0.4) is 0 Å². The standard InChI is InChI=1S/C7H8Cl2O5P2.C5H5N/c8-7(9,16(12,13)14)15(10,11)6-4-2-1-3-5-6;1-2-4-6-5-3-1/h1-5H,(H,10,11)(H2,12,13,14);1-5H/p-1. The van der Waals surface area contributed by atoms with Crippen LogP contribution in [0.5, 0.6) is 0 Å². The van der Waals surface area contributed by atoms with E-state index in [1.807, 2.05) is 30.6 Å². The summed E-state index contributed by atoms with van der Waals surface area (Å²) in [5.41, 5.74) is 0. The van der Waals surface area contributed by atoms with E-state index in [-0.39, 0.29) is 5.30 Å². The number of alkyl halides is 2. The Kier molecular flexibility index (Phi) is 6.78. The molecule has 0 fully saturated rings. The van der Waals surface area contributed by atoms with Gasteiger partial charge in [0.2, 0.25) is 3.82 Å². The van der Waals surface area contributed by atoms with Gasteiger partial charge in [-0.05, 0) is 0 Å². The van der Waals surface area contributed by atoms with Crippen molar-refractivity contribution < 1.29 is 28.8 Å². The van der Waals surface area contributed by atoms with Gasteiger partial charge in [0.15, 0.2) is 20.0 Å². The average molecular weight is 383 g/mol. The minimum atomic E-state index is -5.45. The van der Waals surface area contributed by atoms with Crippen molar-refractivity contribution in [3.8, 4) is 0 Å². The molecule has 1 aromatic heterocycles. The molecule has 10 heteroatoms. The highest BCUT2D eigenvalue weighted by atomic mass is 35.5. The Bertz CT molecular complexity index is 652. The SMILES string of the molecule is O=P([O-])(O)C(Cl)(Cl)P(=O)([O-])c1ccccc1.c1cc[nH+]cc1. The van der Waals surface area contributed by atoms with Gasteiger partial charge >= 0.3 is 0 Å². The molecule has 22 heavy (non-hydrogen) atoms. The van der Waals surface area contributed by atoms with E-state index in [1.54, 1.807) is 0 Å². The van der Waals surface area contributed by atoms with Gasteiger partial charge in [-0.25, -0.2) is 4.98 Å². The molecule has 0 saturated heterocycles. The lowest BCUT2D eigenvalue weighted by atomic mass is 10.4. The maximum absolute atomic E-state index is 11.7. The van der Waals surface area contributed by atoms with Gasteiger partial charge in [-0.15, -0.1) is 0 Å². The number of hydrogen-bond donors (Lipinski definition) is 1. The van der Waals surface area contributed by atoms with E-state index in [2.05, 4.69) is 4.98 Å². The monoisotopic (exact) mass is 382 g/mol. The van der Waals surface area contributed by atoms with Crippen LogP contribution in [0.4, 0.5) is 0 Å². The molecule has 0 aliphatic rings. The van der Waals surface area contributed by atoms with Crippen molar-refractivity contribution in [3.63, 3.8) is 0 Å². The van der Waals surface area contributed by atoms with Crippen LogP contribution in [0.25, 0.3) is 0 Å². The number of halogens is 2. The Morgan fingerprint density at radius 3 is 1.73 bits per heavy atom. The maximum Gasteiger partial charge on any atom is 0.223 e. The summed E-state index contributed by atoms with van der Waals surface area (Å²) >= 11 is 10.4. The number of nitrogens with one attached hydrogen (secondary N) is 1. The highest BCUT2D eigenvalue weighted by molar-refractivity contribution is 7.84. The predicted molar refractivity (Wildman–Crippen MR) is 80.9 cm³/mol. The predicted octanol–water partition coefficient (Wildman–Crippen LogP) is 1.09. The molecular formula is C12H12Cl2NO5P2-. The minimum Gasteiger partial charge on any atom is -0.794 e. The summed E-state index contributed by atoms with van der Waals surface area (Å²) in [6.45, 7) is 0. The van der Waals surface area contributed by atoms with Crippen LogP contribution in [-0.2, 0) is 9.13 Å². The Hall–Kier alpha value is -0.710. The van der Waals surface area contributed by atoms with Crippen molar-refractivity contribution in [1.82, 2.24) is 0 Å². The Balaban J connectivity index is 0.000000335. The van der Waals surface area contributed by atoms with Crippen LogP contribution in [-0.4, -0.2) is 8.71 Å². The number of aromatic nitrogens is 1. The maximum atomic E-state index is 11.7. The molecule has 0 spiro atoms. The highest BCUT2D eigenvalue weighted by Crippen LogP contribution is 2.71. The van der Waals surface area contributed by atoms with E-state index in [0.29, 0.717) is 0 Å². The lowest BCUT2D eigenvalue weighted by Crippen LogP contribution is -2.32. The summed E-state index contributed by atoms with van der Waals surface area (Å²) in [5, 5.41) is -0.370. The third-order valence-corrected chi connectivity index (χ3v) is 8.93. The third-order valence-electron chi connectivity index (χ3n) is 2.40. The molecule has 120 valence electrons. The molecule has 0 aliphatic heterocycles. The zero-order valence-electron chi connectivity index (χ0n) is 11.0. The Labute approximate surface area is 137 Å². The van der Waals surface area contributed by atoms with Gasteiger partial charge < -0.3 is 23.8 Å². The summed E-state index contributed by atoms with van der Waals surface area (Å²) in [7, 11) is -10.4. The van der Waals surface area contributed by atoms with E-state index in [4.69, 9.17) is 28.1 Å². The molecule has 2 rings (SSSR count). The molecule has 2 N–H and O–H groups in total. The fourth-order valence-electron chi connectivity index (χ4n) is 1.29. The zero-order chi connectivity index (χ0) is 16.9. The highest BCUT2D eigenvalue weighted by Gasteiger charge is 2.46. The first-order valence-electron chi connectivity index (χ1n) is 5.80. The molecule has 0 bridgehead atoms. The van der Waals surface area contributed by atoms with E-state index in [1.165, 1.54) is 18.2 Å². The van der Waals surface area contributed by atoms with Crippen molar-refractivity contribution in [2.45, 2.75) is 3.82 Å². The first-order chi connectivity index (χ1) is 10.1. The van der Waals surface area contributed by atoms with Gasteiger partial charge in [-0.1, -0.05) is 59.6 Å². The van der Waals surface area contributed by atoms with E-state index >= 15 is 0 Å². The molecule has 0 radical (unpaired) electrons. The van der Waals surface area contributed by atoms with Gasteiger partial charge in [0, 0.05) is 17.4 Å². The molecule has 1 heterocycles. The molecule has 0 aliphatic carbocycles. The van der Waals surface area contributed by atoms with Crippen LogP contribution in [0, 0.1) is 0 Å². The largest absolute Gasteiger partial charge is 0.794 e. The number of hydrogen-bond acceptors (Lipinski definition) is 4. The van der Waals surface area contributed by atoms with Gasteiger partial charge in [-0.2, -0.15) is 0 Å². The quantitative estimate of drug-likeness (QED) is 0.630. The molecule has 6 nitrogen and oxygen atoms in total. The number of aromatic amines is 1. The van der Waals surface area contributed by atoms with Crippen molar-refractivity contribution in [2.75, 3.05) is 0 Å². The molecule has 0 amide bonds. The minimum absolute atomic E-state index is 0.370. The van der Waals surface area contributed by atoms with Crippen molar-refractivity contribution >= 4 is 43.5 Å². The second-order valence-electron chi connectivity index (χ2n) is 3.99. The number of benzene rings is 1. The van der Waals surface area contributed by atoms with Crippen LogP contribution >= 0.6 is 38.2 Å². The summed E-state index contributed by atoms with van der Waals surface area (Å²) < 4.78 is 19.3. The fraction of sp³-hybridized carbons (Fsp3) is 0.0833. The van der Waals surface area contributed by atoms with Gasteiger partial charge in [0.25, 0.3) is 0 Å². The number of rotatable bonds is 3. The normalized spacial score (nSPS) is 16.6. The van der Waals surface area contributed by atoms with Crippen LogP contribution in [0.1, 0.15) is 0 Å². The topological polar surface area (TPSA) is 115 Å². The van der Waals surface area contributed by atoms with E-state index in [0.717, 1.165) is 12.1 Å². The molecular weight excluding hydrogens is 371 g/mol. The Morgan fingerprint density at radius 1 is 0.955 bits per heavy atom.